The van der Waals surface area contributed by atoms with Crippen LogP contribution in [0.15, 0.2) is 55.7 Å². The maximum absolute atomic E-state index is 13.4. The zero-order valence-corrected chi connectivity index (χ0v) is 20.0. The van der Waals surface area contributed by atoms with E-state index in [1.807, 2.05) is 30.5 Å². The van der Waals surface area contributed by atoms with Crippen LogP contribution in [-0.4, -0.2) is 22.2 Å². The molecule has 30 heavy (non-hydrogen) atoms. The van der Waals surface area contributed by atoms with Gasteiger partial charge in [-0.25, -0.2) is 0 Å². The van der Waals surface area contributed by atoms with Crippen molar-refractivity contribution in [1.82, 2.24) is 10.2 Å². The highest BCUT2D eigenvalue weighted by Crippen LogP contribution is 2.50. The predicted octanol–water partition coefficient (Wildman–Crippen LogP) is 4.96. The van der Waals surface area contributed by atoms with Gasteiger partial charge in [-0.2, -0.15) is 5.26 Å². The lowest BCUT2D eigenvalue weighted by Gasteiger charge is -2.42. The van der Waals surface area contributed by atoms with Crippen molar-refractivity contribution >= 4 is 49.9 Å². The van der Waals surface area contributed by atoms with Crippen molar-refractivity contribution in [2.24, 2.45) is 11.1 Å². The molecule has 1 aliphatic carbocycles. The Morgan fingerprint density at radius 2 is 2.00 bits per heavy atom. The molecule has 154 valence electrons. The van der Waals surface area contributed by atoms with E-state index in [-0.39, 0.29) is 11.2 Å². The van der Waals surface area contributed by atoms with Crippen LogP contribution in [-0.2, 0) is 4.79 Å². The van der Waals surface area contributed by atoms with Crippen LogP contribution in [0.25, 0.3) is 0 Å². The molecule has 1 aromatic heterocycles. The molecule has 1 aromatic carbocycles. The SMILES string of the molecule is CSc1nnc(N2C(N)=C(C#N)C(c3ccc(Br)cc3)C3=C2CC(C)(C)CC3=O)s1. The summed E-state index contributed by atoms with van der Waals surface area (Å²) in [6, 6.07) is 9.98. The summed E-state index contributed by atoms with van der Waals surface area (Å²) in [5.41, 5.74) is 9.07. The van der Waals surface area contributed by atoms with Gasteiger partial charge in [0.25, 0.3) is 0 Å². The smallest absolute Gasteiger partial charge is 0.219 e. The summed E-state index contributed by atoms with van der Waals surface area (Å²) in [4.78, 5) is 15.2. The summed E-state index contributed by atoms with van der Waals surface area (Å²) in [6.07, 6.45) is 3.02. The fourth-order valence-corrected chi connectivity index (χ4v) is 5.65. The van der Waals surface area contributed by atoms with Gasteiger partial charge < -0.3 is 5.73 Å². The Kier molecular flexibility index (Phi) is 5.51. The van der Waals surface area contributed by atoms with E-state index in [4.69, 9.17) is 5.73 Å². The van der Waals surface area contributed by atoms with Gasteiger partial charge >= 0.3 is 0 Å². The number of nitriles is 1. The van der Waals surface area contributed by atoms with E-state index in [1.165, 1.54) is 23.1 Å². The molecule has 0 bridgehead atoms. The number of Topliss-reactive ketones (excluding diaryl/α,β-unsaturated/α-hetero) is 1. The number of hydrogen-bond donors (Lipinski definition) is 1. The van der Waals surface area contributed by atoms with Gasteiger partial charge in [-0.3, -0.25) is 9.69 Å². The largest absolute Gasteiger partial charge is 0.384 e. The summed E-state index contributed by atoms with van der Waals surface area (Å²) in [6.45, 7) is 4.16. The van der Waals surface area contributed by atoms with Gasteiger partial charge in [-0.1, -0.05) is 65.0 Å². The lowest BCUT2D eigenvalue weighted by molar-refractivity contribution is -0.118. The zero-order chi connectivity index (χ0) is 21.6. The van der Waals surface area contributed by atoms with Crippen LogP contribution in [0.5, 0.6) is 0 Å². The van der Waals surface area contributed by atoms with E-state index in [9.17, 15) is 10.1 Å². The van der Waals surface area contributed by atoms with E-state index in [2.05, 4.69) is 46.0 Å². The second kappa shape index (κ2) is 7.84. The van der Waals surface area contributed by atoms with Gasteiger partial charge in [0.05, 0.1) is 17.6 Å². The third-order valence-corrected chi connectivity index (χ3v) is 7.76. The summed E-state index contributed by atoms with van der Waals surface area (Å²) in [5, 5.41) is 19.1. The highest BCUT2D eigenvalue weighted by Gasteiger charge is 2.45. The Hall–Kier alpha value is -2.15. The number of hydrogen-bond acceptors (Lipinski definition) is 8. The minimum absolute atomic E-state index is 0.0500. The summed E-state index contributed by atoms with van der Waals surface area (Å²) in [7, 11) is 0. The maximum atomic E-state index is 13.4. The first-order chi connectivity index (χ1) is 14.3. The molecule has 2 aliphatic rings. The number of ketones is 1. The average molecular weight is 502 g/mol. The van der Waals surface area contributed by atoms with Crippen molar-refractivity contribution in [3.05, 3.63) is 57.0 Å². The molecule has 6 nitrogen and oxygen atoms in total. The lowest BCUT2D eigenvalue weighted by Crippen LogP contribution is -2.42. The van der Waals surface area contributed by atoms with Crippen LogP contribution < -0.4 is 10.6 Å². The number of nitrogens with zero attached hydrogens (tertiary/aromatic N) is 4. The highest BCUT2D eigenvalue weighted by atomic mass is 79.9. The topological polar surface area (TPSA) is 95.9 Å². The number of carbonyl (C=O) groups excluding carboxylic acids is 1. The Morgan fingerprint density at radius 1 is 1.30 bits per heavy atom. The van der Waals surface area contributed by atoms with Gasteiger partial charge in [0, 0.05) is 22.2 Å². The predicted molar refractivity (Wildman–Crippen MR) is 123 cm³/mol. The van der Waals surface area contributed by atoms with Crippen LogP contribution in [0.1, 0.15) is 38.2 Å². The minimum Gasteiger partial charge on any atom is -0.384 e. The van der Waals surface area contributed by atoms with Crippen molar-refractivity contribution in [1.29, 1.82) is 5.26 Å². The molecule has 0 saturated carbocycles. The number of rotatable bonds is 3. The van der Waals surface area contributed by atoms with Crippen LogP contribution in [0.2, 0.25) is 0 Å². The van der Waals surface area contributed by atoms with Gasteiger partial charge in [-0.05, 0) is 35.8 Å². The molecule has 1 atom stereocenters. The van der Waals surface area contributed by atoms with E-state index in [0.29, 0.717) is 34.9 Å². The van der Waals surface area contributed by atoms with Crippen molar-refractivity contribution in [3.63, 3.8) is 0 Å². The Morgan fingerprint density at radius 3 is 2.60 bits per heavy atom. The average Bonchev–Trinajstić information content (AvgIpc) is 3.15. The molecule has 0 spiro atoms. The number of nitrogens with two attached hydrogens (primary N) is 1. The van der Waals surface area contributed by atoms with Crippen LogP contribution >= 0.6 is 39.0 Å². The van der Waals surface area contributed by atoms with Crippen molar-refractivity contribution in [2.45, 2.75) is 36.9 Å². The molecule has 0 radical (unpaired) electrons. The Labute approximate surface area is 192 Å². The molecule has 9 heteroatoms. The maximum Gasteiger partial charge on any atom is 0.219 e. The molecular weight excluding hydrogens is 482 g/mol. The first-order valence-electron chi connectivity index (χ1n) is 9.35. The van der Waals surface area contributed by atoms with E-state index < -0.39 is 5.92 Å². The molecular formula is C21H20BrN5OS2. The summed E-state index contributed by atoms with van der Waals surface area (Å²) >= 11 is 6.36. The van der Waals surface area contributed by atoms with E-state index >= 15 is 0 Å². The van der Waals surface area contributed by atoms with E-state index in [0.717, 1.165) is 20.1 Å². The van der Waals surface area contributed by atoms with Crippen molar-refractivity contribution in [2.75, 3.05) is 11.2 Å². The van der Waals surface area contributed by atoms with Crippen LogP contribution in [0.3, 0.4) is 0 Å². The molecule has 4 rings (SSSR count). The number of allylic oxidation sites excluding steroid dienone is 3. The third kappa shape index (κ3) is 3.57. The Balaban J connectivity index is 1.97. The molecule has 0 fully saturated rings. The van der Waals surface area contributed by atoms with Crippen LogP contribution in [0.4, 0.5) is 5.13 Å². The first-order valence-corrected chi connectivity index (χ1v) is 12.2. The monoisotopic (exact) mass is 501 g/mol. The molecule has 1 aliphatic heterocycles. The lowest BCUT2D eigenvalue weighted by atomic mass is 9.69. The second-order valence-electron chi connectivity index (χ2n) is 8.09. The molecule has 2 aromatic rings. The minimum atomic E-state index is -0.481. The van der Waals surface area contributed by atoms with E-state index in [1.54, 1.807) is 4.90 Å². The molecule has 1 unspecified atom stereocenters. The van der Waals surface area contributed by atoms with Crippen molar-refractivity contribution in [3.8, 4) is 6.07 Å². The summed E-state index contributed by atoms with van der Waals surface area (Å²) in [5.74, 6) is -0.113. The normalized spacial score (nSPS) is 21.0. The van der Waals surface area contributed by atoms with Gasteiger partial charge in [0.2, 0.25) is 5.13 Å². The van der Waals surface area contributed by atoms with Crippen LogP contribution in [0, 0.1) is 16.7 Å². The quantitative estimate of drug-likeness (QED) is 0.593. The number of aromatic nitrogens is 2. The zero-order valence-electron chi connectivity index (χ0n) is 16.8. The fourth-order valence-electron chi connectivity index (χ4n) is 4.09. The highest BCUT2D eigenvalue weighted by molar-refractivity contribution is 9.10. The number of anilines is 1. The van der Waals surface area contributed by atoms with Crippen molar-refractivity contribution < 1.29 is 4.79 Å². The number of carbonyl (C=O) groups is 1. The standard InChI is InChI=1S/C21H20BrN5OS2/c1-21(2)8-14-17(15(28)9-21)16(11-4-6-12(22)7-5-11)13(10-23)18(24)27(14)19-25-26-20(29-3)30-19/h4-7,16H,8-9,24H2,1-3H3. The molecule has 0 saturated heterocycles. The van der Waals surface area contributed by atoms with Gasteiger partial charge in [0.15, 0.2) is 10.1 Å². The summed E-state index contributed by atoms with van der Waals surface area (Å²) < 4.78 is 1.73. The number of halogens is 1. The number of benzene rings is 1. The molecule has 2 heterocycles. The second-order valence-corrected chi connectivity index (χ2v) is 11.0. The van der Waals surface area contributed by atoms with Gasteiger partial charge in [-0.15, -0.1) is 10.2 Å². The first kappa shape index (κ1) is 21.1. The number of thioether (sulfide) groups is 1. The fraction of sp³-hybridized carbons (Fsp3) is 0.333. The molecule has 0 amide bonds. The third-order valence-electron chi connectivity index (χ3n) is 5.35. The Bertz CT molecular complexity index is 1130. The van der Waals surface area contributed by atoms with Gasteiger partial charge in [0.1, 0.15) is 5.82 Å². The molecule has 2 N–H and O–H groups in total.